The lowest BCUT2D eigenvalue weighted by Crippen LogP contribution is -2.42. The Hall–Kier alpha value is -1.76. The molecule has 0 spiro atoms. The molecule has 1 aliphatic heterocycles. The average molecular weight is 374 g/mol. The van der Waals surface area contributed by atoms with Crippen molar-refractivity contribution in [2.24, 2.45) is 5.92 Å². The molecule has 5 nitrogen and oxygen atoms in total. The van der Waals surface area contributed by atoms with Gasteiger partial charge in [-0.2, -0.15) is 0 Å². The zero-order chi connectivity index (χ0) is 18.5. The Morgan fingerprint density at radius 1 is 1.35 bits per heavy atom. The summed E-state index contributed by atoms with van der Waals surface area (Å²) in [6, 6.07) is 7.86. The first-order chi connectivity index (χ1) is 12.5. The van der Waals surface area contributed by atoms with E-state index < -0.39 is 11.9 Å². The first-order valence-corrected chi connectivity index (χ1v) is 10.1. The third-order valence-electron chi connectivity index (χ3n) is 4.71. The minimum Gasteiger partial charge on any atom is -0.481 e. The number of carboxylic acids is 1. The van der Waals surface area contributed by atoms with E-state index >= 15 is 0 Å². The quantitative estimate of drug-likeness (QED) is 0.778. The molecule has 0 saturated carbocycles. The molecule has 26 heavy (non-hydrogen) atoms. The highest BCUT2D eigenvalue weighted by molar-refractivity contribution is 7.09. The summed E-state index contributed by atoms with van der Waals surface area (Å²) in [5.41, 5.74) is 2.80. The SMILES string of the molecule is CC(C)CC(C(=O)O)c1cccc(-c2csc(CN3CCNCC3)n2)c1. The average Bonchev–Trinajstić information content (AvgIpc) is 3.09. The number of nitrogens with zero attached hydrogens (tertiary/aromatic N) is 2. The fourth-order valence-corrected chi connectivity index (χ4v) is 4.19. The van der Waals surface area contributed by atoms with E-state index in [0.717, 1.165) is 54.6 Å². The Bertz CT molecular complexity index is 738. The summed E-state index contributed by atoms with van der Waals surface area (Å²) in [5.74, 6) is -0.882. The number of benzene rings is 1. The molecule has 6 heteroatoms. The zero-order valence-electron chi connectivity index (χ0n) is 15.4. The van der Waals surface area contributed by atoms with Gasteiger partial charge >= 0.3 is 5.97 Å². The van der Waals surface area contributed by atoms with Gasteiger partial charge in [0, 0.05) is 37.1 Å². The van der Waals surface area contributed by atoms with Crippen LogP contribution in [0.4, 0.5) is 0 Å². The summed E-state index contributed by atoms with van der Waals surface area (Å²) in [6.45, 7) is 9.18. The van der Waals surface area contributed by atoms with Crippen LogP contribution in [0, 0.1) is 5.92 Å². The first-order valence-electron chi connectivity index (χ1n) is 9.23. The van der Waals surface area contributed by atoms with Gasteiger partial charge in [-0.15, -0.1) is 11.3 Å². The highest BCUT2D eigenvalue weighted by atomic mass is 32.1. The van der Waals surface area contributed by atoms with E-state index in [-0.39, 0.29) is 0 Å². The van der Waals surface area contributed by atoms with Crippen LogP contribution in [0.5, 0.6) is 0 Å². The molecule has 1 aromatic heterocycles. The number of hydrogen-bond donors (Lipinski definition) is 2. The van der Waals surface area contributed by atoms with E-state index in [1.165, 1.54) is 0 Å². The van der Waals surface area contributed by atoms with Crippen molar-refractivity contribution in [2.75, 3.05) is 26.2 Å². The van der Waals surface area contributed by atoms with Gasteiger partial charge in [0.15, 0.2) is 0 Å². The maximum absolute atomic E-state index is 11.7. The van der Waals surface area contributed by atoms with E-state index in [1.54, 1.807) is 11.3 Å². The number of rotatable bonds is 7. The van der Waals surface area contributed by atoms with Gasteiger partial charge in [-0.25, -0.2) is 4.98 Å². The molecule has 0 bridgehead atoms. The smallest absolute Gasteiger partial charge is 0.310 e. The molecule has 1 unspecified atom stereocenters. The summed E-state index contributed by atoms with van der Waals surface area (Å²) in [5, 5.41) is 16.2. The lowest BCUT2D eigenvalue weighted by atomic mass is 9.89. The second kappa shape index (κ2) is 8.75. The van der Waals surface area contributed by atoms with Gasteiger partial charge in [-0.3, -0.25) is 9.69 Å². The minimum atomic E-state index is -0.756. The van der Waals surface area contributed by atoms with Crippen LogP contribution >= 0.6 is 11.3 Å². The van der Waals surface area contributed by atoms with Gasteiger partial charge in [0.25, 0.3) is 0 Å². The molecule has 0 amide bonds. The fourth-order valence-electron chi connectivity index (χ4n) is 3.34. The molecular formula is C20H27N3O2S. The first kappa shape index (κ1) is 19.0. The van der Waals surface area contributed by atoms with Crippen LogP contribution < -0.4 is 5.32 Å². The monoisotopic (exact) mass is 373 g/mol. The highest BCUT2D eigenvalue weighted by Crippen LogP contribution is 2.29. The van der Waals surface area contributed by atoms with Crippen molar-refractivity contribution in [3.05, 3.63) is 40.2 Å². The maximum atomic E-state index is 11.7. The zero-order valence-corrected chi connectivity index (χ0v) is 16.3. The molecular weight excluding hydrogens is 346 g/mol. The maximum Gasteiger partial charge on any atom is 0.310 e. The molecule has 1 saturated heterocycles. The summed E-state index contributed by atoms with van der Waals surface area (Å²) in [7, 11) is 0. The lowest BCUT2D eigenvalue weighted by molar-refractivity contribution is -0.139. The Balaban J connectivity index is 1.76. The van der Waals surface area contributed by atoms with Crippen molar-refractivity contribution in [3.63, 3.8) is 0 Å². The van der Waals surface area contributed by atoms with Crippen LogP contribution in [0.2, 0.25) is 0 Å². The molecule has 2 aromatic rings. The minimum absolute atomic E-state index is 0.338. The Kier molecular flexibility index (Phi) is 6.40. The number of thiazole rings is 1. The van der Waals surface area contributed by atoms with E-state index in [1.807, 2.05) is 24.3 Å². The van der Waals surface area contributed by atoms with Crippen LogP contribution in [0.15, 0.2) is 29.6 Å². The van der Waals surface area contributed by atoms with E-state index in [0.29, 0.717) is 12.3 Å². The second-order valence-electron chi connectivity index (χ2n) is 7.30. The molecule has 0 aliphatic carbocycles. The van der Waals surface area contributed by atoms with Crippen molar-refractivity contribution < 1.29 is 9.90 Å². The number of aliphatic carboxylic acids is 1. The molecule has 1 aromatic carbocycles. The summed E-state index contributed by atoms with van der Waals surface area (Å²) in [6.07, 6.45) is 0.643. The molecule has 1 atom stereocenters. The van der Waals surface area contributed by atoms with Gasteiger partial charge in [-0.05, 0) is 24.0 Å². The van der Waals surface area contributed by atoms with Crippen LogP contribution in [0.25, 0.3) is 11.3 Å². The summed E-state index contributed by atoms with van der Waals surface area (Å²) >= 11 is 1.68. The van der Waals surface area contributed by atoms with Crippen molar-refractivity contribution in [2.45, 2.75) is 32.7 Å². The van der Waals surface area contributed by atoms with Crippen LogP contribution in [0.1, 0.15) is 36.8 Å². The lowest BCUT2D eigenvalue weighted by Gasteiger charge is -2.26. The predicted octanol–water partition coefficient (Wildman–Crippen LogP) is 3.43. The summed E-state index contributed by atoms with van der Waals surface area (Å²) in [4.78, 5) is 18.9. The Labute approximate surface area is 159 Å². The standard InChI is InChI=1S/C20H27N3O2S/c1-14(2)10-17(20(24)25)15-4-3-5-16(11-15)18-13-26-19(22-18)12-23-8-6-21-7-9-23/h3-5,11,13-14,17,21H,6-10,12H2,1-2H3,(H,24,25). The topological polar surface area (TPSA) is 65.5 Å². The van der Waals surface area contributed by atoms with Gasteiger partial charge in [0.1, 0.15) is 5.01 Å². The van der Waals surface area contributed by atoms with Crippen molar-refractivity contribution >= 4 is 17.3 Å². The van der Waals surface area contributed by atoms with Crippen LogP contribution in [-0.2, 0) is 11.3 Å². The van der Waals surface area contributed by atoms with Gasteiger partial charge < -0.3 is 10.4 Å². The number of nitrogens with one attached hydrogen (secondary N) is 1. The molecule has 1 aliphatic rings. The number of aromatic nitrogens is 1. The van der Waals surface area contributed by atoms with Crippen LogP contribution in [0.3, 0.4) is 0 Å². The molecule has 0 radical (unpaired) electrons. The van der Waals surface area contributed by atoms with Crippen molar-refractivity contribution in [1.29, 1.82) is 0 Å². The number of carbonyl (C=O) groups is 1. The van der Waals surface area contributed by atoms with Gasteiger partial charge in [0.2, 0.25) is 0 Å². The van der Waals surface area contributed by atoms with Crippen molar-refractivity contribution in [3.8, 4) is 11.3 Å². The molecule has 2 heterocycles. The van der Waals surface area contributed by atoms with Crippen molar-refractivity contribution in [1.82, 2.24) is 15.2 Å². The van der Waals surface area contributed by atoms with E-state index in [2.05, 4.69) is 29.4 Å². The molecule has 2 N–H and O–H groups in total. The van der Waals surface area contributed by atoms with Gasteiger partial charge in [-0.1, -0.05) is 32.0 Å². The Morgan fingerprint density at radius 3 is 2.81 bits per heavy atom. The Morgan fingerprint density at radius 2 is 2.12 bits per heavy atom. The van der Waals surface area contributed by atoms with E-state index in [4.69, 9.17) is 4.98 Å². The van der Waals surface area contributed by atoms with E-state index in [9.17, 15) is 9.90 Å². The van der Waals surface area contributed by atoms with Crippen LogP contribution in [-0.4, -0.2) is 47.1 Å². The number of piperazine rings is 1. The third kappa shape index (κ3) is 4.90. The molecule has 1 fully saturated rings. The van der Waals surface area contributed by atoms with Gasteiger partial charge in [0.05, 0.1) is 18.2 Å². The largest absolute Gasteiger partial charge is 0.481 e. The molecule has 140 valence electrons. The second-order valence-corrected chi connectivity index (χ2v) is 8.24. The molecule has 3 rings (SSSR count). The number of hydrogen-bond acceptors (Lipinski definition) is 5. The fraction of sp³-hybridized carbons (Fsp3) is 0.500. The highest BCUT2D eigenvalue weighted by Gasteiger charge is 2.21. The predicted molar refractivity (Wildman–Crippen MR) is 106 cm³/mol. The summed E-state index contributed by atoms with van der Waals surface area (Å²) < 4.78 is 0. The number of carboxylic acid groups (broad SMARTS) is 1. The normalized spacial score (nSPS) is 16.7. The third-order valence-corrected chi connectivity index (χ3v) is 5.54.